The average molecular weight is 360 g/mol. The zero-order valence-electron chi connectivity index (χ0n) is 14.9. The molecule has 0 aliphatic rings. The fourth-order valence-corrected chi connectivity index (χ4v) is 2.34. The summed E-state index contributed by atoms with van der Waals surface area (Å²) in [5.41, 5.74) is 6.04. The number of nitrogens with zero attached hydrogens (tertiary/aromatic N) is 1. The first kappa shape index (κ1) is 18.2. The second-order valence-electron chi connectivity index (χ2n) is 6.09. The number of nitrogens with one attached hydrogen (secondary N) is 1. The van der Waals surface area contributed by atoms with Crippen LogP contribution in [-0.4, -0.2) is 17.2 Å². The lowest BCUT2D eigenvalue weighted by Gasteiger charge is -2.07. The Balaban J connectivity index is 1.50. The van der Waals surface area contributed by atoms with Gasteiger partial charge in [0.15, 0.2) is 0 Å². The summed E-state index contributed by atoms with van der Waals surface area (Å²) in [5, 5.41) is 13.2. The van der Waals surface area contributed by atoms with Gasteiger partial charge in [0, 0.05) is 5.56 Å². The molecular formula is C22H20N2O3. The summed E-state index contributed by atoms with van der Waals surface area (Å²) in [6.45, 7) is 2.56. The second-order valence-corrected chi connectivity index (χ2v) is 6.09. The zero-order valence-corrected chi connectivity index (χ0v) is 14.9. The minimum atomic E-state index is -0.343. The molecule has 0 unspecified atom stereocenters. The highest BCUT2D eigenvalue weighted by molar-refractivity contribution is 5.94. The maximum atomic E-state index is 11.9. The first-order valence-electron chi connectivity index (χ1n) is 8.51. The quantitative estimate of drug-likeness (QED) is 0.515. The average Bonchev–Trinajstić information content (AvgIpc) is 2.69. The lowest BCUT2D eigenvalue weighted by Crippen LogP contribution is -2.17. The summed E-state index contributed by atoms with van der Waals surface area (Å²) >= 11 is 0. The van der Waals surface area contributed by atoms with E-state index in [2.05, 4.69) is 29.6 Å². The van der Waals surface area contributed by atoms with Crippen molar-refractivity contribution in [2.75, 3.05) is 0 Å². The van der Waals surface area contributed by atoms with Crippen molar-refractivity contribution in [2.24, 2.45) is 5.10 Å². The minimum Gasteiger partial charge on any atom is -0.508 e. The summed E-state index contributed by atoms with van der Waals surface area (Å²) in [5.74, 6) is 0.532. The number of hydrogen-bond donors (Lipinski definition) is 2. The molecule has 3 aromatic carbocycles. The molecule has 2 N–H and O–H groups in total. The Bertz CT molecular complexity index is 915. The van der Waals surface area contributed by atoms with Gasteiger partial charge in [-0.05, 0) is 66.6 Å². The molecule has 1 amide bonds. The van der Waals surface area contributed by atoms with Crippen LogP contribution in [0.3, 0.4) is 0 Å². The number of aryl methyl sites for hydroxylation is 1. The largest absolute Gasteiger partial charge is 0.508 e. The van der Waals surface area contributed by atoms with E-state index in [0.717, 1.165) is 16.9 Å². The number of phenols is 1. The molecule has 136 valence electrons. The Kier molecular flexibility index (Phi) is 5.84. The summed E-state index contributed by atoms with van der Waals surface area (Å²) in [4.78, 5) is 11.9. The lowest BCUT2D eigenvalue weighted by atomic mass is 10.2. The van der Waals surface area contributed by atoms with Gasteiger partial charge < -0.3 is 9.84 Å². The number of rotatable bonds is 6. The molecular weight excluding hydrogens is 340 g/mol. The molecule has 0 aromatic heterocycles. The van der Waals surface area contributed by atoms with Gasteiger partial charge in [0.2, 0.25) is 0 Å². The van der Waals surface area contributed by atoms with Crippen molar-refractivity contribution in [1.82, 2.24) is 5.43 Å². The predicted molar refractivity (Wildman–Crippen MR) is 105 cm³/mol. The maximum Gasteiger partial charge on any atom is 0.271 e. The molecule has 0 aliphatic carbocycles. The van der Waals surface area contributed by atoms with Gasteiger partial charge in [0.1, 0.15) is 18.1 Å². The van der Waals surface area contributed by atoms with Crippen molar-refractivity contribution in [3.05, 3.63) is 95.1 Å². The van der Waals surface area contributed by atoms with E-state index in [1.54, 1.807) is 6.21 Å². The van der Waals surface area contributed by atoms with Crippen LogP contribution in [0, 0.1) is 6.92 Å². The van der Waals surface area contributed by atoms with E-state index in [4.69, 9.17) is 4.74 Å². The molecule has 0 aliphatic heterocycles. The van der Waals surface area contributed by atoms with Gasteiger partial charge in [0.25, 0.3) is 5.91 Å². The molecule has 0 fully saturated rings. The van der Waals surface area contributed by atoms with Crippen LogP contribution in [0.1, 0.15) is 27.0 Å². The van der Waals surface area contributed by atoms with Crippen LogP contribution >= 0.6 is 0 Å². The van der Waals surface area contributed by atoms with Crippen LogP contribution in [0.5, 0.6) is 11.5 Å². The van der Waals surface area contributed by atoms with Crippen molar-refractivity contribution < 1.29 is 14.6 Å². The molecule has 3 aromatic rings. The summed E-state index contributed by atoms with van der Waals surface area (Å²) < 4.78 is 5.76. The number of phenolic OH excluding ortho intramolecular Hbond substituents is 1. The fraction of sp³-hybridized carbons (Fsp3) is 0.0909. The maximum absolute atomic E-state index is 11.9. The predicted octanol–water partition coefficient (Wildman–Crippen LogP) is 4.04. The van der Waals surface area contributed by atoms with Crippen LogP contribution in [0.2, 0.25) is 0 Å². The number of amides is 1. The minimum absolute atomic E-state index is 0.111. The van der Waals surface area contributed by atoms with Crippen LogP contribution in [-0.2, 0) is 6.61 Å². The first-order valence-corrected chi connectivity index (χ1v) is 8.51. The Morgan fingerprint density at radius 3 is 2.33 bits per heavy atom. The molecule has 0 saturated heterocycles. The standard InChI is InChI=1S/C22H20N2O3/c1-16-2-4-18(5-3-16)15-27-21-12-6-17(7-13-21)14-23-24-22(26)19-8-10-20(25)11-9-19/h2-14,25H,15H2,1H3,(H,24,26). The SMILES string of the molecule is Cc1ccc(COc2ccc(C=NNC(=O)c3ccc(O)cc3)cc2)cc1. The number of ether oxygens (including phenoxy) is 1. The molecule has 0 spiro atoms. The molecule has 3 rings (SSSR count). The van der Waals surface area contributed by atoms with E-state index >= 15 is 0 Å². The van der Waals surface area contributed by atoms with E-state index < -0.39 is 0 Å². The number of carbonyl (C=O) groups excluding carboxylic acids is 1. The molecule has 0 radical (unpaired) electrons. The van der Waals surface area contributed by atoms with E-state index in [-0.39, 0.29) is 11.7 Å². The molecule has 27 heavy (non-hydrogen) atoms. The lowest BCUT2D eigenvalue weighted by molar-refractivity contribution is 0.0955. The summed E-state index contributed by atoms with van der Waals surface area (Å²) in [6, 6.07) is 21.6. The van der Waals surface area contributed by atoms with Gasteiger partial charge in [-0.3, -0.25) is 4.79 Å². The molecule has 0 atom stereocenters. The van der Waals surface area contributed by atoms with Gasteiger partial charge in [-0.15, -0.1) is 0 Å². The first-order chi connectivity index (χ1) is 13.1. The van der Waals surface area contributed by atoms with E-state index in [1.807, 2.05) is 36.4 Å². The third-order valence-corrected chi connectivity index (χ3v) is 3.92. The number of aromatic hydroxyl groups is 1. The van der Waals surface area contributed by atoms with Crippen LogP contribution in [0.4, 0.5) is 0 Å². The molecule has 0 heterocycles. The van der Waals surface area contributed by atoms with Crippen molar-refractivity contribution in [3.63, 3.8) is 0 Å². The molecule has 0 saturated carbocycles. The third kappa shape index (κ3) is 5.44. The highest BCUT2D eigenvalue weighted by atomic mass is 16.5. The van der Waals surface area contributed by atoms with Crippen molar-refractivity contribution in [3.8, 4) is 11.5 Å². The van der Waals surface area contributed by atoms with Crippen molar-refractivity contribution in [2.45, 2.75) is 13.5 Å². The normalized spacial score (nSPS) is 10.7. The van der Waals surface area contributed by atoms with Crippen LogP contribution in [0.15, 0.2) is 77.9 Å². The van der Waals surface area contributed by atoms with Gasteiger partial charge in [-0.25, -0.2) is 5.43 Å². The van der Waals surface area contributed by atoms with Gasteiger partial charge in [-0.2, -0.15) is 5.10 Å². The van der Waals surface area contributed by atoms with Crippen LogP contribution in [0.25, 0.3) is 0 Å². The molecule has 0 bridgehead atoms. The monoisotopic (exact) mass is 360 g/mol. The van der Waals surface area contributed by atoms with E-state index in [9.17, 15) is 9.90 Å². The van der Waals surface area contributed by atoms with Gasteiger partial charge >= 0.3 is 0 Å². The molecule has 5 heteroatoms. The number of hydrogen-bond acceptors (Lipinski definition) is 4. The number of carbonyl (C=O) groups is 1. The zero-order chi connectivity index (χ0) is 19.1. The van der Waals surface area contributed by atoms with Gasteiger partial charge in [0.05, 0.1) is 6.21 Å². The smallest absolute Gasteiger partial charge is 0.271 e. The van der Waals surface area contributed by atoms with Crippen molar-refractivity contribution in [1.29, 1.82) is 0 Å². The second kappa shape index (κ2) is 8.67. The van der Waals surface area contributed by atoms with Gasteiger partial charge in [-0.1, -0.05) is 29.8 Å². The van der Waals surface area contributed by atoms with Crippen molar-refractivity contribution >= 4 is 12.1 Å². The number of hydrazone groups is 1. The highest BCUT2D eigenvalue weighted by Gasteiger charge is 2.03. The van der Waals surface area contributed by atoms with E-state index in [0.29, 0.717) is 12.2 Å². The fourth-order valence-electron chi connectivity index (χ4n) is 2.34. The molecule has 5 nitrogen and oxygen atoms in total. The summed E-state index contributed by atoms with van der Waals surface area (Å²) in [6.07, 6.45) is 1.56. The Hall–Kier alpha value is -3.60. The Morgan fingerprint density at radius 2 is 1.67 bits per heavy atom. The Morgan fingerprint density at radius 1 is 1.00 bits per heavy atom. The van der Waals surface area contributed by atoms with E-state index in [1.165, 1.54) is 29.8 Å². The van der Waals surface area contributed by atoms with Crippen LogP contribution < -0.4 is 10.2 Å². The summed E-state index contributed by atoms with van der Waals surface area (Å²) in [7, 11) is 0. The topological polar surface area (TPSA) is 70.9 Å². The third-order valence-electron chi connectivity index (χ3n) is 3.92. The highest BCUT2D eigenvalue weighted by Crippen LogP contribution is 2.14. The Labute approximate surface area is 157 Å². The number of benzene rings is 3.